The van der Waals surface area contributed by atoms with E-state index in [4.69, 9.17) is 5.73 Å². The van der Waals surface area contributed by atoms with Crippen LogP contribution in [-0.4, -0.2) is 17.4 Å². The number of aromatic hydroxyl groups is 1. The SMILES string of the molecule is CSc1c(O)ccc(C2(C(C)N)CC2)c1F. The van der Waals surface area contributed by atoms with Gasteiger partial charge in [0, 0.05) is 11.5 Å². The molecule has 1 fully saturated rings. The minimum atomic E-state index is -0.303. The molecule has 4 heteroatoms. The number of hydrogen-bond donors (Lipinski definition) is 2. The molecule has 0 saturated heterocycles. The third-order valence-corrected chi connectivity index (χ3v) is 4.27. The van der Waals surface area contributed by atoms with Gasteiger partial charge in [0.1, 0.15) is 11.6 Å². The molecule has 3 N–H and O–H groups in total. The number of rotatable bonds is 3. The van der Waals surface area contributed by atoms with Crippen LogP contribution in [0.2, 0.25) is 0 Å². The van der Waals surface area contributed by atoms with E-state index in [1.165, 1.54) is 11.8 Å². The Balaban J connectivity index is 2.51. The number of phenols is 1. The first-order valence-corrected chi connectivity index (χ1v) is 6.57. The molecule has 0 aromatic heterocycles. The van der Waals surface area contributed by atoms with Crippen LogP contribution in [0.25, 0.3) is 0 Å². The number of thioether (sulfide) groups is 1. The van der Waals surface area contributed by atoms with Crippen molar-refractivity contribution in [3.63, 3.8) is 0 Å². The van der Waals surface area contributed by atoms with E-state index in [2.05, 4.69) is 0 Å². The standard InChI is InChI=1S/C12H16FNOS/c1-7(14)12(5-6-12)8-3-4-9(15)11(16-2)10(8)13/h3-4,7,15H,5-6,14H2,1-2H3. The Morgan fingerprint density at radius 3 is 2.56 bits per heavy atom. The number of hydrogen-bond acceptors (Lipinski definition) is 3. The van der Waals surface area contributed by atoms with Crippen molar-refractivity contribution in [2.24, 2.45) is 5.73 Å². The molecule has 16 heavy (non-hydrogen) atoms. The molecule has 1 atom stereocenters. The van der Waals surface area contributed by atoms with Crippen LogP contribution >= 0.6 is 11.8 Å². The lowest BCUT2D eigenvalue weighted by molar-refractivity contribution is 0.439. The summed E-state index contributed by atoms with van der Waals surface area (Å²) in [4.78, 5) is 0.324. The monoisotopic (exact) mass is 241 g/mol. The maximum Gasteiger partial charge on any atom is 0.144 e. The number of nitrogens with two attached hydrogens (primary N) is 1. The van der Waals surface area contributed by atoms with Gasteiger partial charge in [0.2, 0.25) is 0 Å². The molecule has 1 aromatic carbocycles. The fourth-order valence-electron chi connectivity index (χ4n) is 2.23. The van der Waals surface area contributed by atoms with E-state index in [1.807, 2.05) is 6.92 Å². The lowest BCUT2D eigenvalue weighted by Gasteiger charge is -2.21. The molecule has 1 aliphatic carbocycles. The van der Waals surface area contributed by atoms with Crippen LogP contribution in [0.3, 0.4) is 0 Å². The summed E-state index contributed by atoms with van der Waals surface area (Å²) in [6.45, 7) is 1.91. The molecule has 0 aliphatic heterocycles. The van der Waals surface area contributed by atoms with Crippen molar-refractivity contribution in [2.75, 3.05) is 6.26 Å². The topological polar surface area (TPSA) is 46.2 Å². The van der Waals surface area contributed by atoms with E-state index in [1.54, 1.807) is 18.4 Å². The zero-order valence-corrected chi connectivity index (χ0v) is 10.3. The number of benzene rings is 1. The van der Waals surface area contributed by atoms with Gasteiger partial charge >= 0.3 is 0 Å². The minimum Gasteiger partial charge on any atom is -0.507 e. The second kappa shape index (κ2) is 3.93. The van der Waals surface area contributed by atoms with Crippen LogP contribution < -0.4 is 5.73 Å². The highest BCUT2D eigenvalue weighted by Gasteiger charge is 2.49. The lowest BCUT2D eigenvalue weighted by atomic mass is 9.89. The largest absolute Gasteiger partial charge is 0.507 e. The Morgan fingerprint density at radius 1 is 1.50 bits per heavy atom. The molecule has 88 valence electrons. The van der Waals surface area contributed by atoms with Gasteiger partial charge in [0.25, 0.3) is 0 Å². The summed E-state index contributed by atoms with van der Waals surface area (Å²) in [5, 5.41) is 9.55. The second-order valence-electron chi connectivity index (χ2n) is 4.42. The van der Waals surface area contributed by atoms with Crippen LogP contribution in [0.1, 0.15) is 25.3 Å². The average molecular weight is 241 g/mol. The van der Waals surface area contributed by atoms with Gasteiger partial charge in [-0.15, -0.1) is 11.8 Å². The third-order valence-electron chi connectivity index (χ3n) is 3.48. The molecule has 0 bridgehead atoms. The molecule has 1 aliphatic rings. The predicted octanol–water partition coefficient (Wildman–Crippen LogP) is 2.63. The molecule has 0 radical (unpaired) electrons. The third kappa shape index (κ3) is 1.60. The second-order valence-corrected chi connectivity index (χ2v) is 5.24. The van der Waals surface area contributed by atoms with Crippen LogP contribution in [-0.2, 0) is 5.41 Å². The molecular weight excluding hydrogens is 225 g/mol. The molecule has 1 aromatic rings. The van der Waals surface area contributed by atoms with Gasteiger partial charge in [0.15, 0.2) is 0 Å². The number of halogens is 1. The summed E-state index contributed by atoms with van der Waals surface area (Å²) in [5.74, 6) is -0.295. The van der Waals surface area contributed by atoms with Crippen LogP contribution in [0.5, 0.6) is 5.75 Å². The number of phenolic OH excluding ortho intramolecular Hbond substituents is 1. The van der Waals surface area contributed by atoms with Crippen LogP contribution in [0, 0.1) is 5.82 Å². The zero-order chi connectivity index (χ0) is 11.9. The van der Waals surface area contributed by atoms with Crippen LogP contribution in [0.15, 0.2) is 17.0 Å². The summed E-state index contributed by atoms with van der Waals surface area (Å²) in [6.07, 6.45) is 3.62. The minimum absolute atomic E-state index is 0.00854. The average Bonchev–Trinajstić information content (AvgIpc) is 2.99. The normalized spacial score (nSPS) is 19.5. The van der Waals surface area contributed by atoms with Gasteiger partial charge in [-0.3, -0.25) is 0 Å². The maximum atomic E-state index is 14.2. The highest BCUT2D eigenvalue weighted by molar-refractivity contribution is 7.98. The van der Waals surface area contributed by atoms with E-state index >= 15 is 0 Å². The van der Waals surface area contributed by atoms with E-state index in [-0.39, 0.29) is 23.0 Å². The van der Waals surface area contributed by atoms with E-state index in [0.29, 0.717) is 10.5 Å². The molecule has 0 heterocycles. The van der Waals surface area contributed by atoms with Crippen molar-refractivity contribution in [2.45, 2.75) is 36.1 Å². The van der Waals surface area contributed by atoms with Gasteiger partial charge in [-0.1, -0.05) is 6.07 Å². The van der Waals surface area contributed by atoms with Gasteiger partial charge in [-0.25, -0.2) is 4.39 Å². The van der Waals surface area contributed by atoms with E-state index in [0.717, 1.165) is 12.8 Å². The van der Waals surface area contributed by atoms with Crippen molar-refractivity contribution in [3.05, 3.63) is 23.5 Å². The first kappa shape index (κ1) is 11.7. The fraction of sp³-hybridized carbons (Fsp3) is 0.500. The highest BCUT2D eigenvalue weighted by Crippen LogP contribution is 2.52. The molecule has 0 amide bonds. The predicted molar refractivity (Wildman–Crippen MR) is 64.4 cm³/mol. The Hall–Kier alpha value is -0.740. The van der Waals surface area contributed by atoms with Crippen molar-refractivity contribution >= 4 is 11.8 Å². The quantitative estimate of drug-likeness (QED) is 0.800. The van der Waals surface area contributed by atoms with Crippen molar-refractivity contribution in [1.82, 2.24) is 0 Å². The molecule has 1 saturated carbocycles. The van der Waals surface area contributed by atoms with Crippen LogP contribution in [0.4, 0.5) is 4.39 Å². The van der Waals surface area contributed by atoms with Gasteiger partial charge < -0.3 is 10.8 Å². The van der Waals surface area contributed by atoms with Gasteiger partial charge in [-0.2, -0.15) is 0 Å². The first-order valence-electron chi connectivity index (χ1n) is 5.34. The molecule has 2 nitrogen and oxygen atoms in total. The van der Waals surface area contributed by atoms with Crippen molar-refractivity contribution in [1.29, 1.82) is 0 Å². The molecule has 1 unspecified atom stereocenters. The summed E-state index contributed by atoms with van der Waals surface area (Å²) >= 11 is 1.23. The molecule has 2 rings (SSSR count). The van der Waals surface area contributed by atoms with Gasteiger partial charge in [-0.05, 0) is 37.7 Å². The Labute approximate surface area is 99.0 Å². The fourth-order valence-corrected chi connectivity index (χ4v) is 2.80. The highest BCUT2D eigenvalue weighted by atomic mass is 32.2. The first-order chi connectivity index (χ1) is 7.53. The summed E-state index contributed by atoms with van der Waals surface area (Å²) in [5.41, 5.74) is 6.38. The summed E-state index contributed by atoms with van der Waals surface area (Å²) in [6, 6.07) is 3.18. The van der Waals surface area contributed by atoms with Crippen molar-refractivity contribution < 1.29 is 9.50 Å². The Bertz CT molecular complexity index is 416. The van der Waals surface area contributed by atoms with E-state index in [9.17, 15) is 9.50 Å². The summed E-state index contributed by atoms with van der Waals surface area (Å²) in [7, 11) is 0. The maximum absolute atomic E-state index is 14.2. The Morgan fingerprint density at radius 2 is 2.12 bits per heavy atom. The zero-order valence-electron chi connectivity index (χ0n) is 9.46. The lowest BCUT2D eigenvalue weighted by Crippen LogP contribution is -2.32. The van der Waals surface area contributed by atoms with Crippen molar-refractivity contribution in [3.8, 4) is 5.75 Å². The molecular formula is C12H16FNOS. The van der Waals surface area contributed by atoms with E-state index < -0.39 is 0 Å². The van der Waals surface area contributed by atoms with Gasteiger partial charge in [0.05, 0.1) is 4.90 Å². The smallest absolute Gasteiger partial charge is 0.144 e. The Kier molecular flexibility index (Phi) is 2.88. The molecule has 0 spiro atoms. The summed E-state index contributed by atoms with van der Waals surface area (Å²) < 4.78 is 14.2.